The Morgan fingerprint density at radius 3 is 2.21 bits per heavy atom. The van der Waals surface area contributed by atoms with E-state index in [0.29, 0.717) is 5.95 Å². The molecule has 2 aliphatic heterocycles. The fourth-order valence-corrected chi connectivity index (χ4v) is 3.62. The number of hydrogen-bond acceptors (Lipinski definition) is 7. The highest BCUT2D eigenvalue weighted by molar-refractivity contribution is 5.54. The number of morpholine rings is 1. The molecule has 7 heteroatoms. The van der Waals surface area contributed by atoms with E-state index in [1.54, 1.807) is 0 Å². The van der Waals surface area contributed by atoms with E-state index in [0.717, 1.165) is 70.7 Å². The van der Waals surface area contributed by atoms with Crippen LogP contribution in [-0.2, 0) is 4.74 Å². The van der Waals surface area contributed by atoms with Crippen LogP contribution in [0.1, 0.15) is 5.56 Å². The fraction of sp³-hybridized carbons (Fsp3) is 0.429. The van der Waals surface area contributed by atoms with Gasteiger partial charge in [-0.25, -0.2) is 0 Å². The first-order chi connectivity index (χ1) is 13.8. The number of anilines is 3. The molecule has 4 rings (SSSR count). The summed E-state index contributed by atoms with van der Waals surface area (Å²) in [5, 5.41) is 0. The van der Waals surface area contributed by atoms with Crippen molar-refractivity contribution in [3.8, 4) is 0 Å². The highest BCUT2D eigenvalue weighted by Crippen LogP contribution is 2.22. The molecule has 7 nitrogen and oxygen atoms in total. The molecule has 148 valence electrons. The first kappa shape index (κ1) is 18.7. The standard InChI is InChI=1S/C21H28N6O/c22-21-23-19(17-20(24-21)27-13-15-28-16-14-27)26-11-9-25(10-12-26)8-4-7-18-5-2-1-3-6-18/h1-7,17H,8-16H2,(H2,22,23,24)/b7-4+. The van der Waals surface area contributed by atoms with Crippen molar-refractivity contribution in [2.24, 2.45) is 0 Å². The quantitative estimate of drug-likeness (QED) is 0.847. The molecule has 2 saturated heterocycles. The van der Waals surface area contributed by atoms with Gasteiger partial charge in [0.15, 0.2) is 0 Å². The highest BCUT2D eigenvalue weighted by Gasteiger charge is 2.20. The molecular weight excluding hydrogens is 352 g/mol. The van der Waals surface area contributed by atoms with Crippen LogP contribution in [0.4, 0.5) is 17.6 Å². The number of piperazine rings is 1. The van der Waals surface area contributed by atoms with E-state index >= 15 is 0 Å². The van der Waals surface area contributed by atoms with Crippen LogP contribution in [0.25, 0.3) is 6.08 Å². The van der Waals surface area contributed by atoms with E-state index in [4.69, 9.17) is 10.5 Å². The normalized spacial score (nSPS) is 18.7. The third kappa shape index (κ3) is 4.79. The Kier molecular flexibility index (Phi) is 6.04. The van der Waals surface area contributed by atoms with Crippen LogP contribution in [-0.4, -0.2) is 73.9 Å². The van der Waals surface area contributed by atoms with Gasteiger partial charge in [-0.3, -0.25) is 4.90 Å². The number of ether oxygens (including phenoxy) is 1. The second-order valence-corrected chi connectivity index (χ2v) is 7.14. The highest BCUT2D eigenvalue weighted by atomic mass is 16.5. The monoisotopic (exact) mass is 380 g/mol. The summed E-state index contributed by atoms with van der Waals surface area (Å²) < 4.78 is 5.43. The van der Waals surface area contributed by atoms with Crippen molar-refractivity contribution in [3.63, 3.8) is 0 Å². The van der Waals surface area contributed by atoms with E-state index in [-0.39, 0.29) is 0 Å². The average molecular weight is 380 g/mol. The van der Waals surface area contributed by atoms with Gasteiger partial charge in [0, 0.05) is 51.9 Å². The molecule has 2 fully saturated rings. The maximum atomic E-state index is 5.99. The maximum Gasteiger partial charge on any atom is 0.223 e. The second-order valence-electron chi connectivity index (χ2n) is 7.14. The molecule has 0 spiro atoms. The zero-order valence-corrected chi connectivity index (χ0v) is 16.2. The first-order valence-electron chi connectivity index (χ1n) is 9.94. The number of hydrogen-bond donors (Lipinski definition) is 1. The van der Waals surface area contributed by atoms with Crippen molar-refractivity contribution in [1.29, 1.82) is 0 Å². The summed E-state index contributed by atoms with van der Waals surface area (Å²) in [6.07, 6.45) is 4.43. The van der Waals surface area contributed by atoms with Crippen molar-refractivity contribution in [1.82, 2.24) is 14.9 Å². The third-order valence-corrected chi connectivity index (χ3v) is 5.22. The van der Waals surface area contributed by atoms with Crippen molar-refractivity contribution >= 4 is 23.7 Å². The van der Waals surface area contributed by atoms with Gasteiger partial charge in [-0.15, -0.1) is 0 Å². The van der Waals surface area contributed by atoms with Gasteiger partial charge in [0.2, 0.25) is 5.95 Å². The lowest BCUT2D eigenvalue weighted by Crippen LogP contribution is -2.46. The molecular formula is C21H28N6O. The van der Waals surface area contributed by atoms with Gasteiger partial charge in [0.1, 0.15) is 11.6 Å². The van der Waals surface area contributed by atoms with Gasteiger partial charge in [-0.2, -0.15) is 9.97 Å². The van der Waals surface area contributed by atoms with Crippen LogP contribution in [0, 0.1) is 0 Å². The van der Waals surface area contributed by atoms with Gasteiger partial charge in [-0.05, 0) is 5.56 Å². The van der Waals surface area contributed by atoms with E-state index in [9.17, 15) is 0 Å². The number of nitrogens with two attached hydrogens (primary N) is 1. The van der Waals surface area contributed by atoms with Gasteiger partial charge < -0.3 is 20.3 Å². The average Bonchev–Trinajstić information content (AvgIpc) is 2.75. The summed E-state index contributed by atoms with van der Waals surface area (Å²) in [6.45, 7) is 8.02. The molecule has 28 heavy (non-hydrogen) atoms. The Labute approximate surface area is 166 Å². The minimum Gasteiger partial charge on any atom is -0.378 e. The Hall–Kier alpha value is -2.64. The van der Waals surface area contributed by atoms with Crippen LogP contribution in [0.2, 0.25) is 0 Å². The summed E-state index contributed by atoms with van der Waals surface area (Å²) in [6, 6.07) is 12.5. The second kappa shape index (κ2) is 9.03. The summed E-state index contributed by atoms with van der Waals surface area (Å²) in [5.74, 6) is 2.17. The van der Waals surface area contributed by atoms with Gasteiger partial charge in [0.05, 0.1) is 13.2 Å². The van der Waals surface area contributed by atoms with Gasteiger partial charge >= 0.3 is 0 Å². The van der Waals surface area contributed by atoms with E-state index in [2.05, 4.69) is 67.2 Å². The lowest BCUT2D eigenvalue weighted by atomic mass is 10.2. The van der Waals surface area contributed by atoms with Crippen LogP contribution in [0.5, 0.6) is 0 Å². The SMILES string of the molecule is Nc1nc(N2CCOCC2)cc(N2CCN(C/C=C/c3ccccc3)CC2)n1. The molecule has 0 aliphatic carbocycles. The van der Waals surface area contributed by atoms with Gasteiger partial charge in [-0.1, -0.05) is 42.5 Å². The summed E-state index contributed by atoms with van der Waals surface area (Å²) in [4.78, 5) is 15.9. The van der Waals surface area contributed by atoms with Crippen LogP contribution >= 0.6 is 0 Å². The smallest absolute Gasteiger partial charge is 0.223 e. The molecule has 0 radical (unpaired) electrons. The van der Waals surface area contributed by atoms with Crippen LogP contribution in [0.15, 0.2) is 42.5 Å². The van der Waals surface area contributed by atoms with Gasteiger partial charge in [0.25, 0.3) is 0 Å². The number of aromatic nitrogens is 2. The molecule has 1 aromatic carbocycles. The zero-order valence-electron chi connectivity index (χ0n) is 16.2. The van der Waals surface area contributed by atoms with Crippen LogP contribution in [0.3, 0.4) is 0 Å². The molecule has 0 bridgehead atoms. The predicted octanol–water partition coefficient (Wildman–Crippen LogP) is 1.73. The largest absolute Gasteiger partial charge is 0.378 e. The maximum absolute atomic E-state index is 5.99. The molecule has 2 aliphatic rings. The van der Waals surface area contributed by atoms with Crippen molar-refractivity contribution in [2.75, 3.05) is 74.6 Å². The molecule has 2 aromatic rings. The number of rotatable bonds is 5. The molecule has 3 heterocycles. The molecule has 0 unspecified atom stereocenters. The predicted molar refractivity (Wildman–Crippen MR) is 114 cm³/mol. The third-order valence-electron chi connectivity index (χ3n) is 5.22. The Morgan fingerprint density at radius 1 is 0.893 bits per heavy atom. The lowest BCUT2D eigenvalue weighted by Gasteiger charge is -2.35. The number of nitrogen functional groups attached to an aromatic ring is 1. The number of benzene rings is 1. The summed E-state index contributed by atoms with van der Waals surface area (Å²) in [7, 11) is 0. The van der Waals surface area contributed by atoms with E-state index in [1.165, 1.54) is 5.56 Å². The fourth-order valence-electron chi connectivity index (χ4n) is 3.62. The Bertz CT molecular complexity index is 783. The van der Waals surface area contributed by atoms with Crippen LogP contribution < -0.4 is 15.5 Å². The summed E-state index contributed by atoms with van der Waals surface area (Å²) >= 11 is 0. The topological polar surface area (TPSA) is 70.8 Å². The minimum absolute atomic E-state index is 0.340. The lowest BCUT2D eigenvalue weighted by molar-refractivity contribution is 0.122. The first-order valence-corrected chi connectivity index (χ1v) is 9.94. The zero-order chi connectivity index (χ0) is 19.2. The van der Waals surface area contributed by atoms with Crippen molar-refractivity contribution in [2.45, 2.75) is 0 Å². The van der Waals surface area contributed by atoms with E-state index < -0.39 is 0 Å². The molecule has 0 saturated carbocycles. The van der Waals surface area contributed by atoms with E-state index in [1.807, 2.05) is 6.07 Å². The minimum atomic E-state index is 0.340. The Morgan fingerprint density at radius 2 is 1.54 bits per heavy atom. The summed E-state index contributed by atoms with van der Waals surface area (Å²) in [5.41, 5.74) is 7.24. The number of nitrogens with zero attached hydrogens (tertiary/aromatic N) is 5. The molecule has 1 aromatic heterocycles. The van der Waals surface area contributed by atoms with Crippen molar-refractivity contribution < 1.29 is 4.74 Å². The Balaban J connectivity index is 1.33. The van der Waals surface area contributed by atoms with Crippen molar-refractivity contribution in [3.05, 3.63) is 48.0 Å². The molecule has 0 atom stereocenters. The molecule has 0 amide bonds. The molecule has 2 N–H and O–H groups in total.